The molecule has 0 saturated carbocycles. The molecule has 104 valence electrons. The van der Waals surface area contributed by atoms with Gasteiger partial charge in [0.15, 0.2) is 0 Å². The third kappa shape index (κ3) is 3.17. The largest absolute Gasteiger partial charge is 0.384 e. The standard InChI is InChI=1S/C16H24N2O/c1-12-5-6-13(8-10-19-4)15-14(7-9-18(2)3)11-17-16(12)15/h5-6,11,17H,7-10H2,1-4H3. The molecule has 1 aromatic carbocycles. The number of benzene rings is 1. The highest BCUT2D eigenvalue weighted by atomic mass is 16.5. The Hall–Kier alpha value is -1.32. The molecule has 2 rings (SSSR count). The van der Waals surface area contributed by atoms with Crippen LogP contribution in [0.1, 0.15) is 16.7 Å². The molecule has 0 radical (unpaired) electrons. The Morgan fingerprint density at radius 1 is 1.16 bits per heavy atom. The van der Waals surface area contributed by atoms with Gasteiger partial charge in [0.05, 0.1) is 6.61 Å². The van der Waals surface area contributed by atoms with Gasteiger partial charge in [0.2, 0.25) is 0 Å². The van der Waals surface area contributed by atoms with E-state index in [4.69, 9.17) is 4.74 Å². The van der Waals surface area contributed by atoms with Crippen molar-refractivity contribution in [1.82, 2.24) is 9.88 Å². The molecule has 1 aromatic heterocycles. The molecule has 0 aliphatic heterocycles. The van der Waals surface area contributed by atoms with Crippen LogP contribution < -0.4 is 0 Å². The van der Waals surface area contributed by atoms with Gasteiger partial charge in [-0.05, 0) is 50.6 Å². The van der Waals surface area contributed by atoms with E-state index in [0.717, 1.165) is 26.0 Å². The van der Waals surface area contributed by atoms with Gasteiger partial charge in [-0.25, -0.2) is 0 Å². The van der Waals surface area contributed by atoms with E-state index in [1.165, 1.54) is 27.6 Å². The van der Waals surface area contributed by atoms with Gasteiger partial charge in [-0.2, -0.15) is 0 Å². The first-order valence-electron chi connectivity index (χ1n) is 6.85. The highest BCUT2D eigenvalue weighted by Crippen LogP contribution is 2.26. The predicted molar refractivity (Wildman–Crippen MR) is 80.9 cm³/mol. The van der Waals surface area contributed by atoms with Crippen molar-refractivity contribution < 1.29 is 4.74 Å². The quantitative estimate of drug-likeness (QED) is 0.865. The van der Waals surface area contributed by atoms with Gasteiger partial charge in [-0.15, -0.1) is 0 Å². The summed E-state index contributed by atoms with van der Waals surface area (Å²) in [5, 5.41) is 1.40. The zero-order chi connectivity index (χ0) is 13.8. The number of rotatable bonds is 6. The lowest BCUT2D eigenvalue weighted by Gasteiger charge is -2.11. The molecule has 0 aliphatic carbocycles. The molecule has 1 N–H and O–H groups in total. The molecule has 0 amide bonds. The molecule has 19 heavy (non-hydrogen) atoms. The van der Waals surface area contributed by atoms with E-state index in [9.17, 15) is 0 Å². The van der Waals surface area contributed by atoms with E-state index < -0.39 is 0 Å². The Morgan fingerprint density at radius 2 is 1.95 bits per heavy atom. The third-order valence-electron chi connectivity index (χ3n) is 3.62. The number of hydrogen-bond acceptors (Lipinski definition) is 2. The average Bonchev–Trinajstić information content (AvgIpc) is 2.81. The third-order valence-corrected chi connectivity index (χ3v) is 3.62. The zero-order valence-corrected chi connectivity index (χ0v) is 12.4. The van der Waals surface area contributed by atoms with E-state index >= 15 is 0 Å². The number of aromatic amines is 1. The predicted octanol–water partition coefficient (Wildman–Crippen LogP) is 2.77. The minimum atomic E-state index is 0.774. The van der Waals surface area contributed by atoms with Crippen LogP contribution in [0.15, 0.2) is 18.3 Å². The number of aryl methyl sites for hydroxylation is 1. The number of nitrogens with one attached hydrogen (secondary N) is 1. The van der Waals surface area contributed by atoms with Crippen LogP contribution in [0.5, 0.6) is 0 Å². The van der Waals surface area contributed by atoms with Crippen LogP contribution in [0, 0.1) is 6.92 Å². The average molecular weight is 260 g/mol. The summed E-state index contributed by atoms with van der Waals surface area (Å²) in [5.74, 6) is 0. The van der Waals surface area contributed by atoms with E-state index in [0.29, 0.717) is 0 Å². The van der Waals surface area contributed by atoms with Gasteiger partial charge in [0.25, 0.3) is 0 Å². The van der Waals surface area contributed by atoms with Crippen molar-refractivity contribution in [2.24, 2.45) is 0 Å². The summed E-state index contributed by atoms with van der Waals surface area (Å²) in [5.41, 5.74) is 5.39. The smallest absolute Gasteiger partial charge is 0.0502 e. The normalized spacial score (nSPS) is 11.6. The Kier molecular flexibility index (Phi) is 4.61. The lowest BCUT2D eigenvalue weighted by Crippen LogP contribution is -2.15. The first-order valence-corrected chi connectivity index (χ1v) is 6.85. The van der Waals surface area contributed by atoms with Crippen molar-refractivity contribution in [1.29, 1.82) is 0 Å². The van der Waals surface area contributed by atoms with Gasteiger partial charge in [0.1, 0.15) is 0 Å². The Morgan fingerprint density at radius 3 is 2.63 bits per heavy atom. The summed E-state index contributed by atoms with van der Waals surface area (Å²) < 4.78 is 5.22. The number of likely N-dealkylation sites (N-methyl/N-ethyl adjacent to an activating group) is 1. The number of aromatic nitrogens is 1. The summed E-state index contributed by atoms with van der Waals surface area (Å²) in [7, 11) is 5.99. The van der Waals surface area contributed by atoms with E-state index in [1.807, 2.05) is 0 Å². The van der Waals surface area contributed by atoms with Crippen LogP contribution in [0.3, 0.4) is 0 Å². The topological polar surface area (TPSA) is 28.3 Å². The number of H-pyrrole nitrogens is 1. The van der Waals surface area contributed by atoms with Crippen molar-refractivity contribution in [3.05, 3.63) is 35.0 Å². The Bertz CT molecular complexity index is 543. The van der Waals surface area contributed by atoms with Crippen molar-refractivity contribution in [3.63, 3.8) is 0 Å². The fraction of sp³-hybridized carbons (Fsp3) is 0.500. The number of ether oxygens (including phenoxy) is 1. The molecule has 3 nitrogen and oxygen atoms in total. The fourth-order valence-corrected chi connectivity index (χ4v) is 2.50. The van der Waals surface area contributed by atoms with Crippen LogP contribution in [0.2, 0.25) is 0 Å². The maximum atomic E-state index is 5.22. The van der Waals surface area contributed by atoms with E-state index in [1.54, 1.807) is 7.11 Å². The second-order valence-corrected chi connectivity index (χ2v) is 5.40. The van der Waals surface area contributed by atoms with E-state index in [-0.39, 0.29) is 0 Å². The molecule has 3 heteroatoms. The minimum Gasteiger partial charge on any atom is -0.384 e. The van der Waals surface area contributed by atoms with Crippen molar-refractivity contribution >= 4 is 10.9 Å². The maximum absolute atomic E-state index is 5.22. The summed E-state index contributed by atoms with van der Waals surface area (Å²) >= 11 is 0. The highest BCUT2D eigenvalue weighted by molar-refractivity contribution is 5.89. The molecule has 1 heterocycles. The van der Waals surface area contributed by atoms with Crippen LogP contribution >= 0.6 is 0 Å². The number of fused-ring (bicyclic) bond motifs is 1. The number of methoxy groups -OCH3 is 1. The second-order valence-electron chi connectivity index (χ2n) is 5.40. The number of hydrogen-bond donors (Lipinski definition) is 1. The SMILES string of the molecule is COCCc1ccc(C)c2[nH]cc(CCN(C)C)c12. The maximum Gasteiger partial charge on any atom is 0.0502 e. The van der Waals surface area contributed by atoms with Crippen LogP contribution in [0.4, 0.5) is 0 Å². The van der Waals surface area contributed by atoms with Crippen molar-refractivity contribution in [2.75, 3.05) is 34.4 Å². The molecule has 0 bridgehead atoms. The molecular weight excluding hydrogens is 236 g/mol. The fourth-order valence-electron chi connectivity index (χ4n) is 2.50. The van der Waals surface area contributed by atoms with Gasteiger partial charge in [-0.1, -0.05) is 12.1 Å². The molecule has 0 atom stereocenters. The molecule has 0 aliphatic rings. The molecule has 0 fully saturated rings. The van der Waals surface area contributed by atoms with Crippen LogP contribution in [-0.2, 0) is 17.6 Å². The number of nitrogens with zero attached hydrogens (tertiary/aromatic N) is 1. The van der Waals surface area contributed by atoms with Crippen LogP contribution in [0.25, 0.3) is 10.9 Å². The molecule has 0 saturated heterocycles. The zero-order valence-electron chi connectivity index (χ0n) is 12.4. The summed E-state index contributed by atoms with van der Waals surface area (Å²) in [6.07, 6.45) is 4.22. The Balaban J connectivity index is 2.38. The first-order chi connectivity index (χ1) is 9.13. The molecule has 0 spiro atoms. The van der Waals surface area contributed by atoms with Gasteiger partial charge in [0, 0.05) is 30.8 Å². The molecule has 0 unspecified atom stereocenters. The monoisotopic (exact) mass is 260 g/mol. The van der Waals surface area contributed by atoms with Crippen LogP contribution in [-0.4, -0.2) is 44.2 Å². The summed E-state index contributed by atoms with van der Waals surface area (Å²) in [4.78, 5) is 5.66. The minimum absolute atomic E-state index is 0.774. The van der Waals surface area contributed by atoms with E-state index in [2.05, 4.69) is 49.2 Å². The Labute approximate surface area is 115 Å². The lowest BCUT2D eigenvalue weighted by atomic mass is 9.99. The molecule has 2 aromatic rings. The summed E-state index contributed by atoms with van der Waals surface area (Å²) in [6, 6.07) is 4.43. The highest BCUT2D eigenvalue weighted by Gasteiger charge is 2.10. The van der Waals surface area contributed by atoms with Gasteiger partial charge in [-0.3, -0.25) is 0 Å². The lowest BCUT2D eigenvalue weighted by molar-refractivity contribution is 0.202. The van der Waals surface area contributed by atoms with Gasteiger partial charge < -0.3 is 14.6 Å². The van der Waals surface area contributed by atoms with Crippen molar-refractivity contribution in [3.8, 4) is 0 Å². The molecular formula is C16H24N2O. The first kappa shape index (κ1) is 14.1. The van der Waals surface area contributed by atoms with Crippen molar-refractivity contribution in [2.45, 2.75) is 19.8 Å². The van der Waals surface area contributed by atoms with Gasteiger partial charge >= 0.3 is 0 Å². The second kappa shape index (κ2) is 6.22. The summed E-state index contributed by atoms with van der Waals surface area (Å²) in [6.45, 7) is 4.01.